The Labute approximate surface area is 267 Å². The minimum atomic E-state index is -3.87. The molecular weight excluding hydrogens is 620 g/mol. The highest BCUT2D eigenvalue weighted by Gasteiger charge is 2.44. The van der Waals surface area contributed by atoms with Crippen molar-refractivity contribution in [2.24, 2.45) is 11.1 Å². The Hall–Kier alpha value is -3.65. The van der Waals surface area contributed by atoms with Gasteiger partial charge in [0.05, 0.1) is 29.2 Å². The minimum Gasteiger partial charge on any atom is -0.491 e. The van der Waals surface area contributed by atoms with E-state index >= 15 is 0 Å². The molecule has 3 heterocycles. The van der Waals surface area contributed by atoms with Gasteiger partial charge in [0.15, 0.2) is 0 Å². The lowest BCUT2D eigenvalue weighted by Gasteiger charge is -2.35. The number of anilines is 4. The zero-order valence-electron chi connectivity index (χ0n) is 25.9. The number of amides is 1. The fraction of sp³-hybridized carbons (Fsp3) is 0.562. The molecule has 250 valence electrons. The summed E-state index contributed by atoms with van der Waals surface area (Å²) in [6, 6.07) is 7.59. The van der Waals surface area contributed by atoms with E-state index < -0.39 is 33.7 Å². The third-order valence-electron chi connectivity index (χ3n) is 9.46. The molecule has 14 heteroatoms. The second-order valence-electron chi connectivity index (χ2n) is 13.0. The van der Waals surface area contributed by atoms with Gasteiger partial charge < -0.3 is 30.3 Å². The first-order chi connectivity index (χ1) is 21.8. The van der Waals surface area contributed by atoms with Crippen LogP contribution in [0.3, 0.4) is 0 Å². The van der Waals surface area contributed by atoms with Crippen LogP contribution in [0.25, 0.3) is 0 Å². The summed E-state index contributed by atoms with van der Waals surface area (Å²) in [5.41, 5.74) is 9.28. The van der Waals surface area contributed by atoms with Crippen LogP contribution in [0, 0.1) is 5.41 Å². The van der Waals surface area contributed by atoms with E-state index in [-0.39, 0.29) is 44.1 Å². The number of carbonyl (C=O) groups is 2. The standard InChI is InChI=1S/C32H41F2N5O6S/c1-21(35)30(41)45-16-17-46(42,43)37-23-2-3-25(26(19-23)38-11-7-31(5-6-31)8-12-38)29(40)36-24-18-22-4-15-44-28(22)27(20-24)39-13-9-32(33,34)10-14-39/h2-3,18-21,37H,4-17,35H2,1H3,(H,36,40). The summed E-state index contributed by atoms with van der Waals surface area (Å²) in [5, 5.41) is 3.01. The topological polar surface area (TPSA) is 143 Å². The van der Waals surface area contributed by atoms with Gasteiger partial charge in [0.25, 0.3) is 11.8 Å². The second kappa shape index (κ2) is 12.5. The zero-order valence-corrected chi connectivity index (χ0v) is 26.8. The quantitative estimate of drug-likeness (QED) is 0.321. The first-order valence-electron chi connectivity index (χ1n) is 15.9. The third kappa shape index (κ3) is 7.33. The number of alkyl halides is 2. The van der Waals surface area contributed by atoms with Crippen LogP contribution in [0.4, 0.5) is 31.5 Å². The van der Waals surface area contributed by atoms with E-state index in [0.717, 1.165) is 31.5 Å². The number of fused-ring (bicyclic) bond motifs is 1. The number of rotatable bonds is 10. The van der Waals surface area contributed by atoms with Crippen LogP contribution in [0.5, 0.6) is 5.75 Å². The second-order valence-corrected chi connectivity index (χ2v) is 14.8. The van der Waals surface area contributed by atoms with E-state index in [2.05, 4.69) is 14.9 Å². The van der Waals surface area contributed by atoms with Crippen molar-refractivity contribution in [2.45, 2.75) is 63.8 Å². The van der Waals surface area contributed by atoms with Gasteiger partial charge in [-0.25, -0.2) is 17.2 Å². The lowest BCUT2D eigenvalue weighted by molar-refractivity contribution is -0.144. The number of nitrogens with zero attached hydrogens (tertiary/aromatic N) is 2. The van der Waals surface area contributed by atoms with Gasteiger partial charge in [-0.3, -0.25) is 14.3 Å². The molecule has 46 heavy (non-hydrogen) atoms. The highest BCUT2D eigenvalue weighted by Crippen LogP contribution is 2.54. The minimum absolute atomic E-state index is 0.187. The van der Waals surface area contributed by atoms with Crippen LogP contribution in [0.1, 0.15) is 61.4 Å². The number of sulfonamides is 1. The molecule has 1 amide bonds. The molecule has 4 N–H and O–H groups in total. The maximum atomic E-state index is 13.9. The molecule has 0 aromatic heterocycles. The van der Waals surface area contributed by atoms with Gasteiger partial charge in [0, 0.05) is 56.7 Å². The number of carbonyl (C=O) groups excluding carboxylic acids is 2. The van der Waals surface area contributed by atoms with Gasteiger partial charge in [0.2, 0.25) is 10.0 Å². The number of piperidine rings is 2. The lowest BCUT2D eigenvalue weighted by atomic mass is 9.93. The fourth-order valence-corrected chi connectivity index (χ4v) is 7.32. The number of halogens is 2. The van der Waals surface area contributed by atoms with Crippen LogP contribution >= 0.6 is 0 Å². The number of hydrogen-bond acceptors (Lipinski definition) is 9. The highest BCUT2D eigenvalue weighted by atomic mass is 32.2. The molecule has 1 saturated carbocycles. The van der Waals surface area contributed by atoms with Crippen molar-refractivity contribution < 1.29 is 36.3 Å². The predicted octanol–water partition coefficient (Wildman–Crippen LogP) is 4.12. The third-order valence-corrected chi connectivity index (χ3v) is 10.7. The van der Waals surface area contributed by atoms with Gasteiger partial charge in [-0.05, 0) is 68.4 Å². The van der Waals surface area contributed by atoms with Crippen LogP contribution in [-0.4, -0.2) is 77.4 Å². The van der Waals surface area contributed by atoms with Crippen molar-refractivity contribution >= 4 is 44.6 Å². The average molecular weight is 662 g/mol. The van der Waals surface area contributed by atoms with Crippen molar-refractivity contribution in [3.05, 3.63) is 41.5 Å². The van der Waals surface area contributed by atoms with Crippen molar-refractivity contribution in [1.29, 1.82) is 0 Å². The van der Waals surface area contributed by atoms with Gasteiger partial charge in [-0.1, -0.05) is 0 Å². The van der Waals surface area contributed by atoms with Crippen molar-refractivity contribution in [2.75, 3.05) is 65.0 Å². The average Bonchev–Trinajstić information content (AvgIpc) is 3.58. The van der Waals surface area contributed by atoms with E-state index in [1.54, 1.807) is 18.2 Å². The summed E-state index contributed by atoms with van der Waals surface area (Å²) in [7, 11) is -3.87. The number of hydrogen-bond donors (Lipinski definition) is 3. The monoisotopic (exact) mass is 661 g/mol. The van der Waals surface area contributed by atoms with Crippen molar-refractivity contribution in [3.63, 3.8) is 0 Å². The number of nitrogens with two attached hydrogens (primary N) is 1. The Morgan fingerprint density at radius 3 is 2.30 bits per heavy atom. The lowest BCUT2D eigenvalue weighted by Crippen LogP contribution is -2.39. The number of nitrogens with one attached hydrogen (secondary N) is 2. The van der Waals surface area contributed by atoms with Gasteiger partial charge in [-0.2, -0.15) is 0 Å². The molecule has 3 fully saturated rings. The van der Waals surface area contributed by atoms with Crippen molar-refractivity contribution in [3.8, 4) is 5.75 Å². The van der Waals surface area contributed by atoms with E-state index in [1.807, 2.05) is 11.0 Å². The molecule has 2 saturated heterocycles. The molecule has 0 bridgehead atoms. The van der Waals surface area contributed by atoms with E-state index in [1.165, 1.54) is 25.8 Å². The molecule has 1 atom stereocenters. The zero-order chi connectivity index (χ0) is 32.7. The highest BCUT2D eigenvalue weighted by molar-refractivity contribution is 7.92. The Morgan fingerprint density at radius 1 is 0.978 bits per heavy atom. The summed E-state index contributed by atoms with van der Waals surface area (Å²) >= 11 is 0. The van der Waals surface area contributed by atoms with Gasteiger partial charge in [-0.15, -0.1) is 0 Å². The molecule has 3 aliphatic heterocycles. The SMILES string of the molecule is CC(N)C(=O)OCCS(=O)(=O)Nc1ccc(C(=O)Nc2cc3c(c(N4CCC(F)(F)CC4)c2)OCC3)c(N2CCC3(CC2)CC3)c1. The Kier molecular flexibility index (Phi) is 8.79. The Bertz CT molecular complexity index is 1590. The fourth-order valence-electron chi connectivity index (χ4n) is 6.43. The van der Waals surface area contributed by atoms with Crippen LogP contribution in [0.15, 0.2) is 30.3 Å². The summed E-state index contributed by atoms with van der Waals surface area (Å²) in [6.07, 6.45) is 4.58. The summed E-state index contributed by atoms with van der Waals surface area (Å²) in [4.78, 5) is 29.5. The molecule has 2 aromatic rings. The van der Waals surface area contributed by atoms with Crippen LogP contribution in [0.2, 0.25) is 0 Å². The maximum absolute atomic E-state index is 13.9. The Morgan fingerprint density at radius 2 is 1.63 bits per heavy atom. The van der Waals surface area contributed by atoms with Crippen molar-refractivity contribution in [1.82, 2.24) is 0 Å². The molecule has 0 radical (unpaired) electrons. The van der Waals surface area contributed by atoms with Crippen LogP contribution < -0.4 is 30.3 Å². The van der Waals surface area contributed by atoms with E-state index in [9.17, 15) is 26.8 Å². The maximum Gasteiger partial charge on any atom is 0.322 e. The number of ether oxygens (including phenoxy) is 2. The summed E-state index contributed by atoms with van der Waals surface area (Å²) in [6.45, 7) is 3.45. The molecule has 2 aromatic carbocycles. The van der Waals surface area contributed by atoms with Gasteiger partial charge in [0.1, 0.15) is 24.2 Å². The largest absolute Gasteiger partial charge is 0.491 e. The number of esters is 1. The summed E-state index contributed by atoms with van der Waals surface area (Å²) < 4.78 is 66.7. The van der Waals surface area contributed by atoms with E-state index in [0.29, 0.717) is 46.8 Å². The Balaban J connectivity index is 1.23. The number of benzene rings is 2. The molecule has 1 unspecified atom stereocenters. The van der Waals surface area contributed by atoms with Crippen LogP contribution in [-0.2, 0) is 26.0 Å². The first kappa shape index (κ1) is 32.3. The summed E-state index contributed by atoms with van der Waals surface area (Å²) in [5.74, 6) is -3.52. The molecule has 4 aliphatic rings. The molecule has 1 spiro atoms. The normalized spacial score (nSPS) is 20.4. The predicted molar refractivity (Wildman–Crippen MR) is 172 cm³/mol. The molecule has 1 aliphatic carbocycles. The molecule has 6 rings (SSSR count). The molecule has 11 nitrogen and oxygen atoms in total. The molecular formula is C32H41F2N5O6S. The first-order valence-corrected chi connectivity index (χ1v) is 17.5. The van der Waals surface area contributed by atoms with Gasteiger partial charge >= 0.3 is 5.97 Å². The smallest absolute Gasteiger partial charge is 0.322 e. The van der Waals surface area contributed by atoms with E-state index in [4.69, 9.17) is 15.2 Å².